The maximum atomic E-state index is 12.6. The number of hydrogen-bond acceptors (Lipinski definition) is 4. The minimum absolute atomic E-state index is 0.00497. The fraction of sp³-hybridized carbons (Fsp3) is 0.154. The maximum Gasteiger partial charge on any atom is 0.228 e. The fourth-order valence-electron chi connectivity index (χ4n) is 4.06. The van der Waals surface area contributed by atoms with E-state index in [9.17, 15) is 9.59 Å². The highest BCUT2D eigenvalue weighted by Gasteiger charge is 2.18. The largest absolute Gasteiger partial charge is 0.352 e. The molecular formula is C26H23N5O2. The highest BCUT2D eigenvalue weighted by molar-refractivity contribution is 5.99. The van der Waals surface area contributed by atoms with Gasteiger partial charge in [-0.2, -0.15) is 5.10 Å². The number of hydrogen-bond donors (Lipinski definition) is 2. The van der Waals surface area contributed by atoms with Crippen molar-refractivity contribution in [3.05, 3.63) is 102 Å². The van der Waals surface area contributed by atoms with Gasteiger partial charge in [-0.25, -0.2) is 9.67 Å². The van der Waals surface area contributed by atoms with E-state index in [1.54, 1.807) is 11.0 Å². The molecule has 0 fully saturated rings. The van der Waals surface area contributed by atoms with Crippen LogP contribution in [0.25, 0.3) is 11.1 Å². The highest BCUT2D eigenvalue weighted by atomic mass is 16.2. The Morgan fingerprint density at radius 2 is 1.85 bits per heavy atom. The number of amides is 2. The van der Waals surface area contributed by atoms with Gasteiger partial charge in [0.2, 0.25) is 11.8 Å². The molecule has 1 aromatic heterocycles. The summed E-state index contributed by atoms with van der Waals surface area (Å²) in [5.74, 6) is -0.0631. The number of benzene rings is 3. The fourth-order valence-corrected chi connectivity index (χ4v) is 4.06. The predicted molar refractivity (Wildman–Crippen MR) is 125 cm³/mol. The Bertz CT molecular complexity index is 1300. The Kier molecular flexibility index (Phi) is 5.68. The zero-order valence-electron chi connectivity index (χ0n) is 18.0. The van der Waals surface area contributed by atoms with Gasteiger partial charge in [0.05, 0.1) is 19.4 Å². The second-order valence-electron chi connectivity index (χ2n) is 8.12. The molecule has 0 saturated carbocycles. The van der Waals surface area contributed by atoms with Crippen LogP contribution in [0.5, 0.6) is 0 Å². The van der Waals surface area contributed by atoms with Crippen molar-refractivity contribution < 1.29 is 9.59 Å². The zero-order valence-corrected chi connectivity index (χ0v) is 18.0. The number of nitrogens with zero attached hydrogens (tertiary/aromatic N) is 3. The van der Waals surface area contributed by atoms with Crippen LogP contribution in [0, 0.1) is 0 Å². The van der Waals surface area contributed by atoms with Crippen LogP contribution in [0.15, 0.2) is 79.4 Å². The van der Waals surface area contributed by atoms with Crippen molar-refractivity contribution in [1.82, 2.24) is 20.1 Å². The molecule has 0 aliphatic carbocycles. The molecule has 2 heterocycles. The minimum atomic E-state index is -0.0581. The third-order valence-corrected chi connectivity index (χ3v) is 5.73. The van der Waals surface area contributed by atoms with Crippen LogP contribution < -0.4 is 10.6 Å². The first-order valence-corrected chi connectivity index (χ1v) is 10.8. The normalized spacial score (nSPS) is 12.3. The van der Waals surface area contributed by atoms with E-state index in [4.69, 9.17) is 0 Å². The number of carbonyl (C=O) groups is 2. The molecule has 0 spiro atoms. The van der Waals surface area contributed by atoms with Crippen molar-refractivity contribution in [3.8, 4) is 11.1 Å². The summed E-state index contributed by atoms with van der Waals surface area (Å²) >= 11 is 0. The van der Waals surface area contributed by atoms with E-state index in [1.807, 2.05) is 36.4 Å². The van der Waals surface area contributed by atoms with Crippen LogP contribution in [-0.4, -0.2) is 26.6 Å². The molecule has 7 heteroatoms. The molecule has 2 N–H and O–H groups in total. The third kappa shape index (κ3) is 4.82. The van der Waals surface area contributed by atoms with Gasteiger partial charge < -0.3 is 10.6 Å². The standard InChI is InChI=1S/C26H23N5O2/c32-25(12-19-7-10-21-13-26(33)30-24(21)11-19)28-14-22-3-1-2-4-23(22)20-8-5-18(6-9-20)15-31-17-27-16-29-31/h1-11,16-17H,12-15H2,(H,28,32)(H,30,33). The van der Waals surface area contributed by atoms with E-state index < -0.39 is 0 Å². The van der Waals surface area contributed by atoms with Crippen molar-refractivity contribution in [3.63, 3.8) is 0 Å². The second-order valence-corrected chi connectivity index (χ2v) is 8.12. The van der Waals surface area contributed by atoms with Crippen molar-refractivity contribution in [1.29, 1.82) is 0 Å². The summed E-state index contributed by atoms with van der Waals surface area (Å²) in [6, 6.07) is 22.1. The van der Waals surface area contributed by atoms with Gasteiger partial charge in [-0.1, -0.05) is 60.7 Å². The summed E-state index contributed by atoms with van der Waals surface area (Å²) in [6.07, 6.45) is 3.90. The number of rotatable bonds is 7. The van der Waals surface area contributed by atoms with Crippen LogP contribution >= 0.6 is 0 Å². The summed E-state index contributed by atoms with van der Waals surface area (Å²) in [5, 5.41) is 10.0. The molecular weight excluding hydrogens is 414 g/mol. The van der Waals surface area contributed by atoms with Crippen molar-refractivity contribution in [2.75, 3.05) is 5.32 Å². The average Bonchev–Trinajstić information content (AvgIpc) is 3.47. The number of fused-ring (bicyclic) bond motifs is 1. The number of nitrogens with one attached hydrogen (secondary N) is 2. The number of aromatic nitrogens is 3. The first-order valence-electron chi connectivity index (χ1n) is 10.8. The summed E-state index contributed by atoms with van der Waals surface area (Å²) in [4.78, 5) is 28.1. The van der Waals surface area contributed by atoms with Gasteiger partial charge in [0.25, 0.3) is 0 Å². The monoisotopic (exact) mass is 437 g/mol. The molecule has 0 unspecified atom stereocenters. The molecule has 3 aromatic carbocycles. The Balaban J connectivity index is 1.23. The lowest BCUT2D eigenvalue weighted by Gasteiger charge is -2.12. The van der Waals surface area contributed by atoms with E-state index in [0.717, 1.165) is 39.1 Å². The van der Waals surface area contributed by atoms with E-state index in [-0.39, 0.29) is 18.2 Å². The molecule has 2 amide bonds. The summed E-state index contributed by atoms with van der Waals surface area (Å²) in [7, 11) is 0. The number of anilines is 1. The molecule has 1 aliphatic heterocycles. The lowest BCUT2D eigenvalue weighted by molar-refractivity contribution is -0.120. The SMILES string of the molecule is O=C(Cc1ccc2c(c1)NC(=O)C2)NCc1ccccc1-c1ccc(Cn2cncn2)cc1. The van der Waals surface area contributed by atoms with Crippen LogP contribution in [-0.2, 0) is 35.5 Å². The maximum absolute atomic E-state index is 12.6. The van der Waals surface area contributed by atoms with Gasteiger partial charge in [-0.05, 0) is 39.4 Å². The van der Waals surface area contributed by atoms with E-state index in [2.05, 4.69) is 51.0 Å². The van der Waals surface area contributed by atoms with Gasteiger partial charge >= 0.3 is 0 Å². The molecule has 4 aromatic rings. The van der Waals surface area contributed by atoms with E-state index >= 15 is 0 Å². The minimum Gasteiger partial charge on any atom is -0.352 e. The summed E-state index contributed by atoms with van der Waals surface area (Å²) in [6.45, 7) is 1.11. The molecule has 0 bridgehead atoms. The highest BCUT2D eigenvalue weighted by Crippen LogP contribution is 2.25. The summed E-state index contributed by atoms with van der Waals surface area (Å²) < 4.78 is 1.79. The molecule has 164 valence electrons. The lowest BCUT2D eigenvalue weighted by atomic mass is 9.98. The van der Waals surface area contributed by atoms with E-state index in [0.29, 0.717) is 19.5 Å². The quantitative estimate of drug-likeness (QED) is 0.464. The molecule has 0 atom stereocenters. The Labute approximate surface area is 191 Å². The Morgan fingerprint density at radius 3 is 2.67 bits per heavy atom. The Morgan fingerprint density at radius 1 is 1.03 bits per heavy atom. The number of carbonyl (C=O) groups excluding carboxylic acids is 2. The van der Waals surface area contributed by atoms with Crippen LogP contribution in [0.4, 0.5) is 5.69 Å². The molecule has 1 aliphatic rings. The van der Waals surface area contributed by atoms with E-state index in [1.165, 1.54) is 6.33 Å². The van der Waals surface area contributed by atoms with Crippen molar-refractivity contribution in [2.24, 2.45) is 0 Å². The first kappa shape index (κ1) is 20.6. The van der Waals surface area contributed by atoms with Gasteiger partial charge in [0.15, 0.2) is 0 Å². The molecule has 5 rings (SSSR count). The van der Waals surface area contributed by atoms with Gasteiger partial charge in [0, 0.05) is 12.2 Å². The Hall–Kier alpha value is -4.26. The lowest BCUT2D eigenvalue weighted by Crippen LogP contribution is -2.24. The second kappa shape index (κ2) is 9.08. The smallest absolute Gasteiger partial charge is 0.228 e. The molecule has 0 radical (unpaired) electrons. The van der Waals surface area contributed by atoms with Gasteiger partial charge in [-0.3, -0.25) is 9.59 Å². The third-order valence-electron chi connectivity index (χ3n) is 5.73. The predicted octanol–water partition coefficient (Wildman–Crippen LogP) is 3.35. The topological polar surface area (TPSA) is 88.9 Å². The van der Waals surface area contributed by atoms with Crippen molar-refractivity contribution in [2.45, 2.75) is 25.9 Å². The molecule has 7 nitrogen and oxygen atoms in total. The first-order chi connectivity index (χ1) is 16.1. The molecule has 33 heavy (non-hydrogen) atoms. The molecule has 0 saturated heterocycles. The van der Waals surface area contributed by atoms with Crippen LogP contribution in [0.1, 0.15) is 22.3 Å². The van der Waals surface area contributed by atoms with Crippen LogP contribution in [0.2, 0.25) is 0 Å². The van der Waals surface area contributed by atoms with Gasteiger partial charge in [-0.15, -0.1) is 0 Å². The van der Waals surface area contributed by atoms with Gasteiger partial charge in [0.1, 0.15) is 12.7 Å². The average molecular weight is 438 g/mol. The van der Waals surface area contributed by atoms with Crippen molar-refractivity contribution >= 4 is 17.5 Å². The van der Waals surface area contributed by atoms with Crippen LogP contribution in [0.3, 0.4) is 0 Å². The summed E-state index contributed by atoms with van der Waals surface area (Å²) in [5.41, 5.74) is 7.04. The zero-order chi connectivity index (χ0) is 22.6.